The third-order valence-electron chi connectivity index (χ3n) is 2.14. The Morgan fingerprint density at radius 1 is 1.24 bits per heavy atom. The third kappa shape index (κ3) is 2.54. The summed E-state index contributed by atoms with van der Waals surface area (Å²) < 4.78 is 0. The van der Waals surface area contributed by atoms with E-state index in [9.17, 15) is 9.90 Å². The number of hydrogen-bond acceptors (Lipinski definition) is 3. The quantitative estimate of drug-likeness (QED) is 0.859. The lowest BCUT2D eigenvalue weighted by molar-refractivity contribution is 0.102. The Hall–Kier alpha value is -2.07. The summed E-state index contributed by atoms with van der Waals surface area (Å²) >= 11 is 5.88. The molecule has 1 amide bonds. The van der Waals surface area contributed by atoms with Crippen LogP contribution in [0.1, 0.15) is 10.4 Å². The van der Waals surface area contributed by atoms with Crippen LogP contribution in [0.5, 0.6) is 5.75 Å². The first kappa shape index (κ1) is 11.4. The van der Waals surface area contributed by atoms with Gasteiger partial charge in [-0.3, -0.25) is 4.79 Å². The van der Waals surface area contributed by atoms with Gasteiger partial charge in [0.1, 0.15) is 0 Å². The fourth-order valence-corrected chi connectivity index (χ4v) is 1.53. The van der Waals surface area contributed by atoms with Gasteiger partial charge in [-0.2, -0.15) is 0 Å². The van der Waals surface area contributed by atoms with Crippen molar-refractivity contribution in [2.24, 2.45) is 0 Å². The van der Waals surface area contributed by atoms with E-state index in [2.05, 4.69) is 10.3 Å². The van der Waals surface area contributed by atoms with Crippen LogP contribution in [0.25, 0.3) is 0 Å². The van der Waals surface area contributed by atoms with Gasteiger partial charge in [-0.15, -0.1) is 0 Å². The topological polar surface area (TPSA) is 62.2 Å². The highest BCUT2D eigenvalue weighted by Gasteiger charge is 2.11. The lowest BCUT2D eigenvalue weighted by atomic mass is 10.2. The Labute approximate surface area is 103 Å². The van der Waals surface area contributed by atoms with Crippen LogP contribution in [0, 0.1) is 0 Å². The van der Waals surface area contributed by atoms with Crippen molar-refractivity contribution in [3.05, 3.63) is 53.2 Å². The number of amides is 1. The van der Waals surface area contributed by atoms with Crippen LogP contribution < -0.4 is 5.32 Å². The molecule has 0 radical (unpaired) electrons. The van der Waals surface area contributed by atoms with E-state index in [0.717, 1.165) is 0 Å². The number of halogens is 1. The normalized spacial score (nSPS) is 9.94. The molecule has 4 nitrogen and oxygen atoms in total. The molecule has 2 aromatic rings. The summed E-state index contributed by atoms with van der Waals surface area (Å²) in [6, 6.07) is 9.67. The molecule has 2 N–H and O–H groups in total. The standard InChI is InChI=1S/C12H9ClN2O2/c13-9-5-2-1-4-8(9)12(17)15-11-10(16)6-3-7-14-11/h1-7,16H,(H,14,15,17). The van der Waals surface area contributed by atoms with Gasteiger partial charge in [-0.25, -0.2) is 4.98 Å². The molecule has 0 unspecified atom stereocenters. The van der Waals surface area contributed by atoms with Gasteiger partial charge < -0.3 is 10.4 Å². The smallest absolute Gasteiger partial charge is 0.258 e. The summed E-state index contributed by atoms with van der Waals surface area (Å²) in [5.74, 6) is -0.394. The lowest BCUT2D eigenvalue weighted by Gasteiger charge is -2.06. The summed E-state index contributed by atoms with van der Waals surface area (Å²) in [5.41, 5.74) is 0.333. The fourth-order valence-electron chi connectivity index (χ4n) is 1.31. The molecule has 0 atom stereocenters. The first-order valence-corrected chi connectivity index (χ1v) is 5.26. The van der Waals surface area contributed by atoms with Gasteiger partial charge in [-0.05, 0) is 24.3 Å². The summed E-state index contributed by atoms with van der Waals surface area (Å²) in [6.07, 6.45) is 1.47. The van der Waals surface area contributed by atoms with Gasteiger partial charge >= 0.3 is 0 Å². The second-order valence-electron chi connectivity index (χ2n) is 3.31. The van der Waals surface area contributed by atoms with Gasteiger partial charge in [0, 0.05) is 6.20 Å². The zero-order chi connectivity index (χ0) is 12.3. The van der Waals surface area contributed by atoms with Gasteiger partial charge in [-0.1, -0.05) is 23.7 Å². The maximum absolute atomic E-state index is 11.8. The number of carbonyl (C=O) groups excluding carboxylic acids is 1. The second kappa shape index (κ2) is 4.84. The molecule has 1 aromatic heterocycles. The van der Waals surface area contributed by atoms with Crippen molar-refractivity contribution in [3.8, 4) is 5.75 Å². The van der Waals surface area contributed by atoms with Gasteiger partial charge in [0.2, 0.25) is 0 Å². The van der Waals surface area contributed by atoms with E-state index >= 15 is 0 Å². The Morgan fingerprint density at radius 2 is 2.00 bits per heavy atom. The first-order valence-electron chi connectivity index (χ1n) is 4.88. The molecule has 0 spiro atoms. The number of nitrogens with zero attached hydrogens (tertiary/aromatic N) is 1. The van der Waals surface area contributed by atoms with Gasteiger partial charge in [0.05, 0.1) is 10.6 Å². The van der Waals surface area contributed by atoms with E-state index in [1.807, 2.05) is 0 Å². The van der Waals surface area contributed by atoms with E-state index in [1.54, 1.807) is 30.3 Å². The van der Waals surface area contributed by atoms with E-state index in [0.29, 0.717) is 10.6 Å². The van der Waals surface area contributed by atoms with E-state index in [-0.39, 0.29) is 11.6 Å². The van der Waals surface area contributed by atoms with Crippen LogP contribution in [0.2, 0.25) is 5.02 Å². The maximum atomic E-state index is 11.8. The second-order valence-corrected chi connectivity index (χ2v) is 3.71. The molecule has 0 fully saturated rings. The SMILES string of the molecule is O=C(Nc1ncccc1O)c1ccccc1Cl. The zero-order valence-corrected chi connectivity index (χ0v) is 9.48. The van der Waals surface area contributed by atoms with Crippen molar-refractivity contribution < 1.29 is 9.90 Å². The number of nitrogens with one attached hydrogen (secondary N) is 1. The lowest BCUT2D eigenvalue weighted by Crippen LogP contribution is -2.13. The predicted octanol–water partition coefficient (Wildman–Crippen LogP) is 2.69. The molecule has 1 heterocycles. The highest BCUT2D eigenvalue weighted by atomic mass is 35.5. The highest BCUT2D eigenvalue weighted by Crippen LogP contribution is 2.21. The largest absolute Gasteiger partial charge is 0.504 e. The maximum Gasteiger partial charge on any atom is 0.258 e. The van der Waals surface area contributed by atoms with E-state index in [4.69, 9.17) is 11.6 Å². The van der Waals surface area contributed by atoms with Crippen molar-refractivity contribution in [1.29, 1.82) is 0 Å². The first-order chi connectivity index (χ1) is 8.18. The number of anilines is 1. The van der Waals surface area contributed by atoms with Crippen molar-refractivity contribution in [3.63, 3.8) is 0 Å². The van der Waals surface area contributed by atoms with Crippen molar-refractivity contribution in [2.75, 3.05) is 5.32 Å². The van der Waals surface area contributed by atoms with Crippen LogP contribution in [-0.2, 0) is 0 Å². The molecule has 86 valence electrons. The van der Waals surface area contributed by atoms with E-state index < -0.39 is 5.91 Å². The number of hydrogen-bond donors (Lipinski definition) is 2. The summed E-state index contributed by atoms with van der Waals surface area (Å²) in [4.78, 5) is 15.7. The molecule has 0 saturated carbocycles. The van der Waals surface area contributed by atoms with Gasteiger partial charge in [0.15, 0.2) is 11.6 Å². The van der Waals surface area contributed by atoms with Crippen LogP contribution in [0.15, 0.2) is 42.6 Å². The third-order valence-corrected chi connectivity index (χ3v) is 2.47. The number of benzene rings is 1. The van der Waals surface area contributed by atoms with Crippen LogP contribution in [0.4, 0.5) is 5.82 Å². The zero-order valence-electron chi connectivity index (χ0n) is 8.72. The van der Waals surface area contributed by atoms with Crippen molar-refractivity contribution >= 4 is 23.3 Å². The minimum absolute atomic E-state index is 0.0899. The summed E-state index contributed by atoms with van der Waals surface area (Å²) in [6.45, 7) is 0. The van der Waals surface area contributed by atoms with Crippen molar-refractivity contribution in [2.45, 2.75) is 0 Å². The number of rotatable bonds is 2. The van der Waals surface area contributed by atoms with Gasteiger partial charge in [0.25, 0.3) is 5.91 Å². The van der Waals surface area contributed by atoms with Crippen molar-refractivity contribution in [1.82, 2.24) is 4.98 Å². The molecule has 2 rings (SSSR count). The number of aromatic nitrogens is 1. The average molecular weight is 249 g/mol. The molecule has 0 saturated heterocycles. The van der Waals surface area contributed by atoms with E-state index in [1.165, 1.54) is 12.3 Å². The van der Waals surface area contributed by atoms with Crippen LogP contribution >= 0.6 is 11.6 Å². The van der Waals surface area contributed by atoms with Crippen LogP contribution in [0.3, 0.4) is 0 Å². The molecular weight excluding hydrogens is 240 g/mol. The molecule has 1 aromatic carbocycles. The average Bonchev–Trinajstić information content (AvgIpc) is 2.32. The fraction of sp³-hybridized carbons (Fsp3) is 0. The Morgan fingerprint density at radius 3 is 2.71 bits per heavy atom. The molecule has 0 bridgehead atoms. The number of pyridine rings is 1. The molecule has 0 aliphatic heterocycles. The number of carbonyl (C=O) groups is 1. The highest BCUT2D eigenvalue weighted by molar-refractivity contribution is 6.34. The molecule has 0 aliphatic rings. The summed E-state index contributed by atoms with van der Waals surface area (Å²) in [5, 5.41) is 12.3. The molecule has 17 heavy (non-hydrogen) atoms. The Bertz CT molecular complexity index is 558. The van der Waals surface area contributed by atoms with Crippen LogP contribution in [-0.4, -0.2) is 16.0 Å². The minimum atomic E-state index is -0.412. The molecule has 0 aliphatic carbocycles. The summed E-state index contributed by atoms with van der Waals surface area (Å²) in [7, 11) is 0. The molecular formula is C12H9ClN2O2. The minimum Gasteiger partial charge on any atom is -0.504 e. The molecule has 5 heteroatoms. The number of aromatic hydroxyl groups is 1. The Balaban J connectivity index is 2.24. The Kier molecular flexibility index (Phi) is 3.25. The monoisotopic (exact) mass is 248 g/mol. The predicted molar refractivity (Wildman–Crippen MR) is 65.3 cm³/mol.